The van der Waals surface area contributed by atoms with E-state index in [1.807, 2.05) is 17.5 Å². The monoisotopic (exact) mass is 383 g/mol. The van der Waals surface area contributed by atoms with Crippen molar-refractivity contribution in [2.45, 2.75) is 13.5 Å². The van der Waals surface area contributed by atoms with E-state index in [1.54, 1.807) is 37.3 Å². The van der Waals surface area contributed by atoms with Crippen LogP contribution in [0.25, 0.3) is 10.6 Å². The van der Waals surface area contributed by atoms with Gasteiger partial charge in [-0.05, 0) is 48.7 Å². The van der Waals surface area contributed by atoms with Crippen LogP contribution in [-0.4, -0.2) is 28.3 Å². The van der Waals surface area contributed by atoms with Crippen molar-refractivity contribution in [3.8, 4) is 10.6 Å². The second kappa shape index (κ2) is 8.41. The van der Waals surface area contributed by atoms with E-state index in [1.165, 1.54) is 17.4 Å². The summed E-state index contributed by atoms with van der Waals surface area (Å²) in [5.41, 5.74) is 1.19. The zero-order valence-corrected chi connectivity index (χ0v) is 15.4. The zero-order chi connectivity index (χ0) is 19.2. The largest absolute Gasteiger partial charge is 0.462 e. The molecule has 0 aliphatic rings. The number of nitrogens with one attached hydrogen (secondary N) is 1. The average molecular weight is 383 g/mol. The maximum absolute atomic E-state index is 12.3. The summed E-state index contributed by atoms with van der Waals surface area (Å²) in [6, 6.07) is 13.1. The van der Waals surface area contributed by atoms with Crippen molar-refractivity contribution < 1.29 is 14.3 Å². The van der Waals surface area contributed by atoms with Crippen LogP contribution in [0.5, 0.6) is 0 Å². The number of nitrogens with zero attached hydrogens (tertiary/aromatic N) is 2. The molecule has 2 aromatic heterocycles. The number of hydrogen-bond acceptors (Lipinski definition) is 6. The van der Waals surface area contributed by atoms with Crippen molar-refractivity contribution in [1.82, 2.24) is 9.78 Å². The number of esters is 1. The van der Waals surface area contributed by atoms with Gasteiger partial charge in [-0.3, -0.25) is 9.59 Å². The Morgan fingerprint density at radius 3 is 2.59 bits per heavy atom. The van der Waals surface area contributed by atoms with Gasteiger partial charge in [-0.1, -0.05) is 6.07 Å². The molecule has 1 amide bonds. The molecule has 0 saturated carbocycles. The topological polar surface area (TPSA) is 90.3 Å². The molecule has 8 heteroatoms. The fourth-order valence-electron chi connectivity index (χ4n) is 2.36. The van der Waals surface area contributed by atoms with Gasteiger partial charge in [0, 0.05) is 11.8 Å². The van der Waals surface area contributed by atoms with E-state index < -0.39 is 11.9 Å². The molecule has 0 radical (unpaired) electrons. The third-order valence-corrected chi connectivity index (χ3v) is 4.51. The van der Waals surface area contributed by atoms with Crippen LogP contribution in [0, 0.1) is 0 Å². The highest BCUT2D eigenvalue weighted by molar-refractivity contribution is 7.13. The number of amides is 1. The molecule has 0 saturated heterocycles. The molecule has 2 heterocycles. The zero-order valence-electron chi connectivity index (χ0n) is 14.5. The number of carbonyl (C=O) groups is 2. The lowest BCUT2D eigenvalue weighted by Gasteiger charge is -2.08. The molecule has 138 valence electrons. The van der Waals surface area contributed by atoms with Gasteiger partial charge < -0.3 is 10.1 Å². The number of anilines is 1. The molecular formula is C19H17N3O4S. The van der Waals surface area contributed by atoms with Crippen LogP contribution in [0.2, 0.25) is 0 Å². The van der Waals surface area contributed by atoms with Crippen molar-refractivity contribution >= 4 is 28.9 Å². The number of aromatic nitrogens is 2. The quantitative estimate of drug-likeness (QED) is 0.661. The fourth-order valence-corrected chi connectivity index (χ4v) is 3.05. The number of thiophene rings is 1. The van der Waals surface area contributed by atoms with E-state index in [0.29, 0.717) is 23.6 Å². The van der Waals surface area contributed by atoms with Gasteiger partial charge in [-0.25, -0.2) is 9.48 Å². The van der Waals surface area contributed by atoms with Gasteiger partial charge in [-0.2, -0.15) is 5.10 Å². The molecule has 1 aromatic carbocycles. The average Bonchev–Trinajstić information content (AvgIpc) is 3.19. The van der Waals surface area contributed by atoms with Crippen molar-refractivity contribution in [3.63, 3.8) is 0 Å². The van der Waals surface area contributed by atoms with Gasteiger partial charge in [0.2, 0.25) is 5.91 Å². The Kier molecular flexibility index (Phi) is 5.77. The standard InChI is InChI=1S/C19H17N3O4S/c1-2-26-19(25)13-5-7-14(8-6-13)20-17(23)12-22-18(24)10-9-15(21-22)16-4-3-11-27-16/h3-11H,2,12H2,1H3,(H,20,23). The normalized spacial score (nSPS) is 10.4. The number of carbonyl (C=O) groups excluding carboxylic acids is 2. The molecule has 0 bridgehead atoms. The van der Waals surface area contributed by atoms with Crippen molar-refractivity contribution in [2.75, 3.05) is 11.9 Å². The Hall–Kier alpha value is -3.26. The maximum Gasteiger partial charge on any atom is 0.338 e. The Labute approximate surface area is 159 Å². The Bertz CT molecular complexity index is 995. The molecule has 0 aliphatic carbocycles. The van der Waals surface area contributed by atoms with Gasteiger partial charge in [0.25, 0.3) is 5.56 Å². The summed E-state index contributed by atoms with van der Waals surface area (Å²) in [5.74, 6) is -0.812. The molecule has 3 aromatic rings. The van der Waals surface area contributed by atoms with Crippen LogP contribution < -0.4 is 10.9 Å². The summed E-state index contributed by atoms with van der Waals surface area (Å²) in [5, 5.41) is 8.84. The highest BCUT2D eigenvalue weighted by Crippen LogP contribution is 2.21. The number of ether oxygens (including phenoxy) is 1. The molecule has 7 nitrogen and oxygen atoms in total. The minimum Gasteiger partial charge on any atom is -0.462 e. The number of benzene rings is 1. The fraction of sp³-hybridized carbons (Fsp3) is 0.158. The molecule has 1 N–H and O–H groups in total. The van der Waals surface area contributed by atoms with Crippen LogP contribution in [0.15, 0.2) is 58.7 Å². The summed E-state index contributed by atoms with van der Waals surface area (Å²) >= 11 is 1.50. The SMILES string of the molecule is CCOC(=O)c1ccc(NC(=O)Cn2nc(-c3cccs3)ccc2=O)cc1. The second-order valence-corrected chi connectivity index (χ2v) is 6.49. The Balaban J connectivity index is 1.68. The van der Waals surface area contributed by atoms with E-state index in [4.69, 9.17) is 4.74 Å². The minimum absolute atomic E-state index is 0.211. The van der Waals surface area contributed by atoms with Gasteiger partial charge in [-0.15, -0.1) is 11.3 Å². The van der Waals surface area contributed by atoms with Gasteiger partial charge >= 0.3 is 5.97 Å². The Morgan fingerprint density at radius 2 is 1.93 bits per heavy atom. The second-order valence-electron chi connectivity index (χ2n) is 5.54. The van der Waals surface area contributed by atoms with E-state index >= 15 is 0 Å². The summed E-state index contributed by atoms with van der Waals surface area (Å²) in [6.45, 7) is 1.82. The first kappa shape index (κ1) is 18.5. The summed E-state index contributed by atoms with van der Waals surface area (Å²) in [4.78, 5) is 36.8. The highest BCUT2D eigenvalue weighted by Gasteiger charge is 2.10. The number of hydrogen-bond donors (Lipinski definition) is 1. The third kappa shape index (κ3) is 4.68. The van der Waals surface area contributed by atoms with Crippen molar-refractivity contribution in [2.24, 2.45) is 0 Å². The molecule has 0 fully saturated rings. The van der Waals surface area contributed by atoms with Gasteiger partial charge in [0.1, 0.15) is 12.2 Å². The van der Waals surface area contributed by atoms with Crippen LogP contribution in [0.1, 0.15) is 17.3 Å². The number of rotatable bonds is 6. The first-order valence-corrected chi connectivity index (χ1v) is 9.14. The smallest absolute Gasteiger partial charge is 0.338 e. The van der Waals surface area contributed by atoms with Crippen LogP contribution in [-0.2, 0) is 16.1 Å². The Morgan fingerprint density at radius 1 is 1.15 bits per heavy atom. The maximum atomic E-state index is 12.3. The molecule has 0 spiro atoms. The predicted molar refractivity (Wildman–Crippen MR) is 103 cm³/mol. The molecule has 0 atom stereocenters. The van der Waals surface area contributed by atoms with E-state index in [2.05, 4.69) is 10.4 Å². The highest BCUT2D eigenvalue weighted by atomic mass is 32.1. The summed E-state index contributed by atoms with van der Waals surface area (Å²) in [6.07, 6.45) is 0. The van der Waals surface area contributed by atoms with Crippen LogP contribution in [0.4, 0.5) is 5.69 Å². The molecule has 27 heavy (non-hydrogen) atoms. The van der Waals surface area contributed by atoms with Crippen LogP contribution in [0.3, 0.4) is 0 Å². The van der Waals surface area contributed by atoms with E-state index in [-0.39, 0.29) is 12.1 Å². The first-order chi connectivity index (χ1) is 13.1. The van der Waals surface area contributed by atoms with Gasteiger partial charge in [0.15, 0.2) is 0 Å². The summed E-state index contributed by atoms with van der Waals surface area (Å²) in [7, 11) is 0. The van der Waals surface area contributed by atoms with Crippen LogP contribution >= 0.6 is 11.3 Å². The molecular weight excluding hydrogens is 366 g/mol. The summed E-state index contributed by atoms with van der Waals surface area (Å²) < 4.78 is 6.03. The van der Waals surface area contributed by atoms with Crippen molar-refractivity contribution in [1.29, 1.82) is 0 Å². The lowest BCUT2D eigenvalue weighted by atomic mass is 10.2. The van der Waals surface area contributed by atoms with E-state index in [9.17, 15) is 14.4 Å². The van der Waals surface area contributed by atoms with Gasteiger partial charge in [0.05, 0.1) is 17.0 Å². The molecule has 0 aliphatic heterocycles. The predicted octanol–water partition coefficient (Wildman–Crippen LogP) is 2.79. The first-order valence-electron chi connectivity index (χ1n) is 8.26. The van der Waals surface area contributed by atoms with E-state index in [0.717, 1.165) is 9.56 Å². The third-order valence-electron chi connectivity index (χ3n) is 3.61. The molecule has 3 rings (SSSR count). The molecule has 0 unspecified atom stereocenters. The lowest BCUT2D eigenvalue weighted by molar-refractivity contribution is -0.117. The minimum atomic E-state index is -0.420. The van der Waals surface area contributed by atoms with Crippen molar-refractivity contribution in [3.05, 3.63) is 69.8 Å². The lowest BCUT2D eigenvalue weighted by Crippen LogP contribution is -2.29.